The number of carbonyl (C=O) groups excluding carboxylic acids is 1. The van der Waals surface area contributed by atoms with E-state index in [9.17, 15) is 9.18 Å². The summed E-state index contributed by atoms with van der Waals surface area (Å²) in [4.78, 5) is 19.6. The summed E-state index contributed by atoms with van der Waals surface area (Å²) in [5.74, 6) is 0.197. The molecule has 0 atom stereocenters. The zero-order valence-corrected chi connectivity index (χ0v) is 17.4. The maximum absolute atomic E-state index is 13.3. The summed E-state index contributed by atoms with van der Waals surface area (Å²) in [6.45, 7) is 3.91. The predicted molar refractivity (Wildman–Crippen MR) is 115 cm³/mol. The number of rotatable bonds is 6. The topological polar surface area (TPSA) is 59.2 Å². The molecule has 4 rings (SSSR count). The van der Waals surface area contributed by atoms with Crippen LogP contribution in [0.5, 0.6) is 0 Å². The highest BCUT2D eigenvalue weighted by atomic mass is 32.1. The van der Waals surface area contributed by atoms with E-state index in [1.807, 2.05) is 42.6 Å². The van der Waals surface area contributed by atoms with E-state index in [0.717, 1.165) is 22.4 Å². The average Bonchev–Trinajstić information content (AvgIpc) is 3.36. The third-order valence-electron chi connectivity index (χ3n) is 4.86. The smallest absolute Gasteiger partial charge is 0.233 e. The van der Waals surface area contributed by atoms with Crippen LogP contribution in [0.1, 0.15) is 22.6 Å². The molecule has 5 nitrogen and oxygen atoms in total. The van der Waals surface area contributed by atoms with Gasteiger partial charge in [-0.3, -0.25) is 9.69 Å². The van der Waals surface area contributed by atoms with E-state index in [-0.39, 0.29) is 18.1 Å². The van der Waals surface area contributed by atoms with E-state index in [0.29, 0.717) is 23.1 Å². The molecule has 0 aliphatic carbocycles. The molecule has 0 N–H and O–H groups in total. The van der Waals surface area contributed by atoms with Gasteiger partial charge in [0.25, 0.3) is 0 Å². The monoisotopic (exact) mass is 421 g/mol. The number of thiazole rings is 1. The third-order valence-corrected chi connectivity index (χ3v) is 5.72. The zero-order valence-electron chi connectivity index (χ0n) is 16.6. The van der Waals surface area contributed by atoms with Crippen LogP contribution in [-0.2, 0) is 17.8 Å². The third kappa shape index (κ3) is 4.31. The van der Waals surface area contributed by atoms with E-state index in [4.69, 9.17) is 9.51 Å². The molecule has 0 radical (unpaired) electrons. The van der Waals surface area contributed by atoms with Crippen LogP contribution < -0.4 is 4.90 Å². The number of aromatic nitrogens is 2. The largest absolute Gasteiger partial charge is 0.361 e. The second-order valence-corrected chi connectivity index (χ2v) is 7.80. The molecule has 0 unspecified atom stereocenters. The molecule has 2 aromatic heterocycles. The van der Waals surface area contributed by atoms with Gasteiger partial charge in [0.15, 0.2) is 5.13 Å². The Kier molecular flexibility index (Phi) is 5.72. The van der Waals surface area contributed by atoms with Gasteiger partial charge < -0.3 is 4.52 Å². The molecule has 0 fully saturated rings. The maximum Gasteiger partial charge on any atom is 0.233 e. The van der Waals surface area contributed by atoms with Gasteiger partial charge in [-0.1, -0.05) is 47.6 Å². The highest BCUT2D eigenvalue weighted by molar-refractivity contribution is 7.14. The number of aryl methyl sites for hydroxylation is 2. The first kappa shape index (κ1) is 20.0. The molecule has 152 valence electrons. The number of nitrogens with zero attached hydrogens (tertiary/aromatic N) is 3. The van der Waals surface area contributed by atoms with Crippen LogP contribution in [-0.4, -0.2) is 16.0 Å². The van der Waals surface area contributed by atoms with Crippen LogP contribution in [0.3, 0.4) is 0 Å². The minimum atomic E-state index is -0.312. The molecule has 30 heavy (non-hydrogen) atoms. The lowest BCUT2D eigenvalue weighted by atomic mass is 10.1. The molecule has 0 spiro atoms. The maximum atomic E-state index is 13.3. The van der Waals surface area contributed by atoms with Crippen molar-refractivity contribution in [1.82, 2.24) is 10.1 Å². The van der Waals surface area contributed by atoms with Crippen LogP contribution in [0.2, 0.25) is 0 Å². The molecule has 0 bridgehead atoms. The van der Waals surface area contributed by atoms with Gasteiger partial charge in [0.1, 0.15) is 11.6 Å². The van der Waals surface area contributed by atoms with E-state index in [1.165, 1.54) is 23.5 Å². The van der Waals surface area contributed by atoms with E-state index >= 15 is 0 Å². The summed E-state index contributed by atoms with van der Waals surface area (Å²) in [7, 11) is 0. The second kappa shape index (κ2) is 8.59. The van der Waals surface area contributed by atoms with Crippen LogP contribution in [0.25, 0.3) is 11.3 Å². The zero-order chi connectivity index (χ0) is 21.1. The fraction of sp³-hybridized carbons (Fsp3) is 0.174. The quantitative estimate of drug-likeness (QED) is 0.422. The molecular weight excluding hydrogens is 401 g/mol. The van der Waals surface area contributed by atoms with Gasteiger partial charge in [0.05, 0.1) is 24.4 Å². The molecule has 7 heteroatoms. The summed E-state index contributed by atoms with van der Waals surface area (Å²) >= 11 is 1.41. The summed E-state index contributed by atoms with van der Waals surface area (Å²) in [6.07, 6.45) is 0.155. The molecular formula is C23H20FN3O2S. The summed E-state index contributed by atoms with van der Waals surface area (Å²) in [5, 5.41) is 6.47. The van der Waals surface area contributed by atoms with Crippen molar-refractivity contribution in [1.29, 1.82) is 0 Å². The number of hydrogen-bond acceptors (Lipinski definition) is 5. The van der Waals surface area contributed by atoms with Crippen molar-refractivity contribution in [3.05, 3.63) is 88.4 Å². The van der Waals surface area contributed by atoms with Crippen LogP contribution in [0, 0.1) is 19.7 Å². The van der Waals surface area contributed by atoms with Gasteiger partial charge in [0.2, 0.25) is 5.91 Å². The summed E-state index contributed by atoms with van der Waals surface area (Å²) in [6, 6.07) is 16.0. The van der Waals surface area contributed by atoms with Crippen molar-refractivity contribution < 1.29 is 13.7 Å². The summed E-state index contributed by atoms with van der Waals surface area (Å²) in [5.41, 5.74) is 4.10. The molecule has 0 saturated carbocycles. The Morgan fingerprint density at radius 1 is 1.10 bits per heavy atom. The average molecular weight is 421 g/mol. The second-order valence-electron chi connectivity index (χ2n) is 6.97. The highest BCUT2D eigenvalue weighted by Gasteiger charge is 2.23. The van der Waals surface area contributed by atoms with Crippen molar-refractivity contribution in [3.8, 4) is 11.3 Å². The van der Waals surface area contributed by atoms with Crippen molar-refractivity contribution in [2.24, 2.45) is 0 Å². The van der Waals surface area contributed by atoms with Gasteiger partial charge in [-0.25, -0.2) is 9.37 Å². The standard InChI is InChI=1S/C23H20FN3O2S/c1-15-20(16(2)29-26-15)12-22(28)27(13-17-8-10-19(24)11-9-17)23-25-21(14-30-23)18-6-4-3-5-7-18/h3-11,14H,12-13H2,1-2H3. The van der Waals surface area contributed by atoms with Crippen LogP contribution >= 0.6 is 11.3 Å². The Morgan fingerprint density at radius 2 is 1.83 bits per heavy atom. The number of hydrogen-bond donors (Lipinski definition) is 0. The summed E-state index contributed by atoms with van der Waals surface area (Å²) < 4.78 is 18.5. The Bertz CT molecular complexity index is 1130. The number of benzene rings is 2. The van der Waals surface area contributed by atoms with Crippen molar-refractivity contribution in [2.45, 2.75) is 26.8 Å². The SMILES string of the molecule is Cc1noc(C)c1CC(=O)N(Cc1ccc(F)cc1)c1nc(-c2ccccc2)cs1. The lowest BCUT2D eigenvalue weighted by Crippen LogP contribution is -2.32. The molecule has 0 aliphatic heterocycles. The molecule has 4 aromatic rings. The van der Waals surface area contributed by atoms with E-state index < -0.39 is 0 Å². The van der Waals surface area contributed by atoms with E-state index in [1.54, 1.807) is 24.0 Å². The van der Waals surface area contributed by atoms with Gasteiger partial charge in [0, 0.05) is 16.5 Å². The van der Waals surface area contributed by atoms with Crippen LogP contribution in [0.4, 0.5) is 9.52 Å². The van der Waals surface area contributed by atoms with Crippen LogP contribution in [0.15, 0.2) is 64.5 Å². The normalized spacial score (nSPS) is 10.9. The first-order valence-corrected chi connectivity index (χ1v) is 10.4. The number of anilines is 1. The van der Waals surface area contributed by atoms with Gasteiger partial charge in [-0.2, -0.15) is 0 Å². The first-order valence-electron chi connectivity index (χ1n) is 9.49. The van der Waals surface area contributed by atoms with E-state index in [2.05, 4.69) is 5.16 Å². The van der Waals surface area contributed by atoms with Crippen molar-refractivity contribution >= 4 is 22.4 Å². The molecule has 1 amide bonds. The number of carbonyl (C=O) groups is 1. The predicted octanol–water partition coefficient (Wildman–Crippen LogP) is 5.33. The first-order chi connectivity index (χ1) is 14.5. The van der Waals surface area contributed by atoms with Crippen molar-refractivity contribution in [2.75, 3.05) is 4.90 Å². The highest BCUT2D eigenvalue weighted by Crippen LogP contribution is 2.29. The molecule has 0 saturated heterocycles. The molecule has 2 aromatic carbocycles. The Hall–Kier alpha value is -3.32. The Balaban J connectivity index is 1.65. The van der Waals surface area contributed by atoms with Crippen molar-refractivity contribution in [3.63, 3.8) is 0 Å². The van der Waals surface area contributed by atoms with Gasteiger partial charge >= 0.3 is 0 Å². The fourth-order valence-electron chi connectivity index (χ4n) is 3.17. The Labute approximate surface area is 177 Å². The number of halogens is 1. The molecule has 0 aliphatic rings. The number of amides is 1. The fourth-order valence-corrected chi connectivity index (χ4v) is 4.02. The lowest BCUT2D eigenvalue weighted by molar-refractivity contribution is -0.118. The lowest BCUT2D eigenvalue weighted by Gasteiger charge is -2.20. The minimum absolute atomic E-state index is 0.123. The Morgan fingerprint density at radius 3 is 2.50 bits per heavy atom. The van der Waals surface area contributed by atoms with Gasteiger partial charge in [-0.15, -0.1) is 11.3 Å². The van der Waals surface area contributed by atoms with Gasteiger partial charge in [-0.05, 0) is 31.5 Å². The molecule has 2 heterocycles. The minimum Gasteiger partial charge on any atom is -0.361 e.